The molecule has 0 radical (unpaired) electrons. The maximum atomic E-state index is 13.1. The van der Waals surface area contributed by atoms with Crippen LogP contribution >= 0.6 is 0 Å². The molecule has 0 bridgehead atoms. The zero-order valence-corrected chi connectivity index (χ0v) is 18.7. The van der Waals surface area contributed by atoms with E-state index in [1.807, 2.05) is 31.2 Å². The minimum atomic E-state index is -0.734. The molecule has 1 aliphatic heterocycles. The van der Waals surface area contributed by atoms with Crippen LogP contribution in [-0.2, 0) is 23.9 Å². The van der Waals surface area contributed by atoms with Gasteiger partial charge in [0.1, 0.15) is 18.1 Å². The molecule has 1 N–H and O–H groups in total. The molecular weight excluding hydrogens is 384 g/mol. The molecule has 0 fully saturated rings. The van der Waals surface area contributed by atoms with E-state index in [0.29, 0.717) is 17.0 Å². The quantitative estimate of drug-likeness (QED) is 0.748. The van der Waals surface area contributed by atoms with Gasteiger partial charge in [0.15, 0.2) is 0 Å². The van der Waals surface area contributed by atoms with Gasteiger partial charge in [0, 0.05) is 22.9 Å². The van der Waals surface area contributed by atoms with E-state index in [9.17, 15) is 14.4 Å². The largest absolute Gasteiger partial charge is 0.468 e. The van der Waals surface area contributed by atoms with Crippen molar-refractivity contribution in [1.29, 1.82) is 0 Å². The van der Waals surface area contributed by atoms with Crippen molar-refractivity contribution >= 4 is 23.6 Å². The second kappa shape index (κ2) is 9.24. The van der Waals surface area contributed by atoms with Crippen LogP contribution < -0.4 is 5.32 Å². The summed E-state index contributed by atoms with van der Waals surface area (Å²) in [5.74, 6) is -2.78. The number of amides is 1. The number of aliphatic imine (C=N–C) groups is 1. The molecule has 1 aliphatic rings. The highest BCUT2D eigenvalue weighted by Crippen LogP contribution is 2.39. The summed E-state index contributed by atoms with van der Waals surface area (Å²) < 4.78 is 10.3. The van der Waals surface area contributed by atoms with Crippen molar-refractivity contribution in [3.63, 3.8) is 0 Å². The molecule has 2 rings (SSSR count). The third kappa shape index (κ3) is 5.55. The molecule has 7 heteroatoms. The van der Waals surface area contributed by atoms with Crippen LogP contribution in [0.4, 0.5) is 0 Å². The maximum Gasteiger partial charge on any atom is 0.325 e. The minimum absolute atomic E-state index is 0.279. The van der Waals surface area contributed by atoms with Gasteiger partial charge in [0.2, 0.25) is 5.91 Å². The van der Waals surface area contributed by atoms with Gasteiger partial charge in [-0.3, -0.25) is 19.4 Å². The van der Waals surface area contributed by atoms with Crippen LogP contribution in [0.25, 0.3) is 0 Å². The van der Waals surface area contributed by atoms with E-state index in [2.05, 4.69) is 10.3 Å². The number of esters is 2. The lowest BCUT2D eigenvalue weighted by molar-refractivity contribution is -0.154. The van der Waals surface area contributed by atoms with Crippen LogP contribution in [0.1, 0.15) is 51.7 Å². The number of aryl methyl sites for hydroxylation is 1. The SMILES string of the molecule is COC(=O)C1C(C)=NC(C)=C(C(=O)NCC(=O)OC(C)(C)C)C1c1cccc(C)c1. The molecule has 0 saturated heterocycles. The third-order valence-electron chi connectivity index (χ3n) is 4.74. The van der Waals surface area contributed by atoms with Crippen LogP contribution in [-0.4, -0.2) is 42.8 Å². The second-order valence-electron chi connectivity index (χ2n) is 8.41. The summed E-state index contributed by atoms with van der Waals surface area (Å²) in [5, 5.41) is 2.62. The summed E-state index contributed by atoms with van der Waals surface area (Å²) in [5.41, 5.74) is 2.58. The first kappa shape index (κ1) is 23.3. The lowest BCUT2D eigenvalue weighted by Gasteiger charge is -2.32. The smallest absolute Gasteiger partial charge is 0.325 e. The van der Waals surface area contributed by atoms with Gasteiger partial charge >= 0.3 is 11.9 Å². The van der Waals surface area contributed by atoms with Gasteiger partial charge in [0.25, 0.3) is 0 Å². The molecule has 30 heavy (non-hydrogen) atoms. The zero-order valence-electron chi connectivity index (χ0n) is 18.7. The summed E-state index contributed by atoms with van der Waals surface area (Å²) in [6.07, 6.45) is 0. The van der Waals surface area contributed by atoms with Crippen molar-refractivity contribution in [2.45, 2.75) is 53.1 Å². The molecule has 0 aromatic heterocycles. The van der Waals surface area contributed by atoms with Gasteiger partial charge in [-0.1, -0.05) is 29.8 Å². The molecule has 2 unspecified atom stereocenters. The Labute approximate surface area is 177 Å². The molecule has 162 valence electrons. The monoisotopic (exact) mass is 414 g/mol. The average molecular weight is 415 g/mol. The number of carbonyl (C=O) groups excluding carboxylic acids is 3. The van der Waals surface area contributed by atoms with Crippen molar-refractivity contribution in [2.75, 3.05) is 13.7 Å². The van der Waals surface area contributed by atoms with E-state index < -0.39 is 35.3 Å². The minimum Gasteiger partial charge on any atom is -0.468 e. The number of carbonyl (C=O) groups is 3. The standard InChI is InChI=1S/C23H30N2O5/c1-13-9-8-10-16(11-13)20-18(14(2)25-15(3)19(20)22(28)29-7)21(27)24-12-17(26)30-23(4,5)6/h8-11,19-20H,12H2,1-7H3,(H,24,27). The molecule has 0 saturated carbocycles. The Morgan fingerprint density at radius 1 is 1.13 bits per heavy atom. The van der Waals surface area contributed by atoms with Crippen molar-refractivity contribution in [1.82, 2.24) is 5.32 Å². The Morgan fingerprint density at radius 3 is 2.37 bits per heavy atom. The van der Waals surface area contributed by atoms with E-state index in [0.717, 1.165) is 11.1 Å². The van der Waals surface area contributed by atoms with Crippen LogP contribution in [0.15, 0.2) is 40.5 Å². The molecule has 1 amide bonds. The summed E-state index contributed by atoms with van der Waals surface area (Å²) in [4.78, 5) is 42.2. The summed E-state index contributed by atoms with van der Waals surface area (Å²) in [7, 11) is 1.32. The fraction of sp³-hybridized carbons (Fsp3) is 0.478. The van der Waals surface area contributed by atoms with E-state index in [4.69, 9.17) is 9.47 Å². The van der Waals surface area contributed by atoms with Crippen LogP contribution in [0.2, 0.25) is 0 Å². The van der Waals surface area contributed by atoms with E-state index in [1.165, 1.54) is 7.11 Å². The third-order valence-corrected chi connectivity index (χ3v) is 4.74. The first-order valence-corrected chi connectivity index (χ1v) is 9.85. The molecule has 0 aliphatic carbocycles. The number of rotatable bonds is 5. The number of allylic oxidation sites excluding steroid dienone is 1. The highest BCUT2D eigenvalue weighted by molar-refractivity contribution is 6.08. The van der Waals surface area contributed by atoms with Crippen LogP contribution in [0.5, 0.6) is 0 Å². The zero-order chi connectivity index (χ0) is 22.6. The van der Waals surface area contributed by atoms with Crippen LogP contribution in [0, 0.1) is 12.8 Å². The first-order valence-electron chi connectivity index (χ1n) is 9.85. The first-order chi connectivity index (χ1) is 13.9. The Bertz CT molecular complexity index is 908. The molecule has 7 nitrogen and oxygen atoms in total. The predicted octanol–water partition coefficient (Wildman–Crippen LogP) is 3.07. The molecule has 1 heterocycles. The lowest BCUT2D eigenvalue weighted by Crippen LogP contribution is -2.41. The van der Waals surface area contributed by atoms with Gasteiger partial charge in [-0.05, 0) is 47.1 Å². The molecule has 0 spiro atoms. The Kier molecular flexibility index (Phi) is 7.18. The summed E-state index contributed by atoms with van der Waals surface area (Å²) in [6, 6.07) is 7.64. The number of methoxy groups -OCH3 is 1. The summed E-state index contributed by atoms with van der Waals surface area (Å²) in [6.45, 7) is 10.4. The van der Waals surface area contributed by atoms with Gasteiger partial charge in [-0.25, -0.2) is 0 Å². The molecule has 2 atom stereocenters. The number of ether oxygens (including phenoxy) is 2. The number of nitrogens with one attached hydrogen (secondary N) is 1. The average Bonchev–Trinajstić information content (AvgIpc) is 2.63. The van der Waals surface area contributed by atoms with Crippen molar-refractivity contribution in [3.05, 3.63) is 46.7 Å². The fourth-order valence-corrected chi connectivity index (χ4v) is 3.61. The highest BCUT2D eigenvalue weighted by Gasteiger charge is 2.41. The lowest BCUT2D eigenvalue weighted by atomic mass is 9.75. The van der Waals surface area contributed by atoms with Crippen molar-refractivity contribution in [2.24, 2.45) is 10.9 Å². The number of benzene rings is 1. The van der Waals surface area contributed by atoms with Gasteiger partial charge in [-0.15, -0.1) is 0 Å². The van der Waals surface area contributed by atoms with E-state index in [1.54, 1.807) is 34.6 Å². The molecule has 1 aromatic carbocycles. The Morgan fingerprint density at radius 2 is 1.80 bits per heavy atom. The highest BCUT2D eigenvalue weighted by atomic mass is 16.6. The van der Waals surface area contributed by atoms with E-state index in [-0.39, 0.29) is 6.54 Å². The second-order valence-corrected chi connectivity index (χ2v) is 8.41. The number of hydrogen-bond donors (Lipinski definition) is 1. The Hall–Kier alpha value is -2.96. The fourth-order valence-electron chi connectivity index (χ4n) is 3.61. The van der Waals surface area contributed by atoms with E-state index >= 15 is 0 Å². The normalized spacial score (nSPS) is 19.1. The molecular formula is C23H30N2O5. The van der Waals surface area contributed by atoms with Crippen molar-refractivity contribution in [3.8, 4) is 0 Å². The van der Waals surface area contributed by atoms with Gasteiger partial charge in [-0.2, -0.15) is 0 Å². The summed E-state index contributed by atoms with van der Waals surface area (Å²) >= 11 is 0. The van der Waals surface area contributed by atoms with Crippen LogP contribution in [0.3, 0.4) is 0 Å². The predicted molar refractivity (Wildman–Crippen MR) is 114 cm³/mol. The topological polar surface area (TPSA) is 94.1 Å². The number of nitrogens with zero attached hydrogens (tertiary/aromatic N) is 1. The number of hydrogen-bond acceptors (Lipinski definition) is 6. The van der Waals surface area contributed by atoms with Gasteiger partial charge < -0.3 is 14.8 Å². The van der Waals surface area contributed by atoms with Gasteiger partial charge in [0.05, 0.1) is 7.11 Å². The van der Waals surface area contributed by atoms with Crippen molar-refractivity contribution < 1.29 is 23.9 Å². The Balaban J connectivity index is 2.42. The maximum absolute atomic E-state index is 13.1. The molecule has 1 aromatic rings.